The van der Waals surface area contributed by atoms with Crippen LogP contribution in [-0.4, -0.2) is 38.8 Å². The van der Waals surface area contributed by atoms with Crippen molar-refractivity contribution >= 4 is 46.6 Å². The van der Waals surface area contributed by atoms with Crippen LogP contribution in [0.1, 0.15) is 30.1 Å². The monoisotopic (exact) mass is 433 g/mol. The van der Waals surface area contributed by atoms with Crippen LogP contribution in [0.15, 0.2) is 49.4 Å². The molecule has 1 aliphatic heterocycles. The van der Waals surface area contributed by atoms with Crippen molar-refractivity contribution in [1.29, 1.82) is 0 Å². The van der Waals surface area contributed by atoms with E-state index >= 15 is 0 Å². The summed E-state index contributed by atoms with van der Waals surface area (Å²) in [6, 6.07) is 0.856. The lowest BCUT2D eigenvalue weighted by Crippen LogP contribution is -2.36. The SMILES string of the molecule is CC1=C(CC(=O)O)C2=C(Cl)C(O)=CCC2N1C(=O)c1csc(SC(F)F)c1. The third kappa shape index (κ3) is 3.76. The zero-order chi connectivity index (χ0) is 19.9. The Kier molecular flexibility index (Phi) is 5.64. The molecule has 0 fully saturated rings. The maximum atomic E-state index is 13.0. The van der Waals surface area contributed by atoms with Crippen molar-refractivity contribution < 1.29 is 28.6 Å². The molecular weight excluding hydrogens is 420 g/mol. The fraction of sp³-hybridized carbons (Fsp3) is 0.294. The molecule has 0 spiro atoms. The first kappa shape index (κ1) is 19.9. The molecule has 3 rings (SSSR count). The lowest BCUT2D eigenvalue weighted by molar-refractivity contribution is -0.136. The molecule has 0 aromatic carbocycles. The van der Waals surface area contributed by atoms with Gasteiger partial charge in [0.2, 0.25) is 0 Å². The number of rotatable bonds is 5. The first-order chi connectivity index (χ1) is 12.7. The number of thioether (sulfide) groups is 1. The molecule has 10 heteroatoms. The Morgan fingerprint density at radius 3 is 2.81 bits per heavy atom. The number of fused-ring (bicyclic) bond motifs is 1. The number of carbonyl (C=O) groups is 2. The second-order valence-corrected chi connectivity index (χ2v) is 8.49. The number of aliphatic carboxylic acids is 1. The zero-order valence-corrected chi connectivity index (χ0v) is 16.3. The van der Waals surface area contributed by atoms with Crippen LogP contribution in [0.5, 0.6) is 0 Å². The van der Waals surface area contributed by atoms with E-state index in [1.54, 1.807) is 6.92 Å². The largest absolute Gasteiger partial charge is 0.507 e. The minimum Gasteiger partial charge on any atom is -0.507 e. The third-order valence-corrected chi connectivity index (χ3v) is 6.56. The minimum absolute atomic E-state index is 0.0245. The summed E-state index contributed by atoms with van der Waals surface area (Å²) in [5, 5.41) is 20.6. The highest BCUT2D eigenvalue weighted by Gasteiger charge is 2.42. The average Bonchev–Trinajstić information content (AvgIpc) is 3.13. The van der Waals surface area contributed by atoms with Gasteiger partial charge in [0.1, 0.15) is 5.76 Å². The molecule has 144 valence electrons. The Labute approximate surface area is 166 Å². The van der Waals surface area contributed by atoms with Gasteiger partial charge in [0.15, 0.2) is 0 Å². The quantitative estimate of drug-likeness (QED) is 0.641. The van der Waals surface area contributed by atoms with Crippen molar-refractivity contribution in [1.82, 2.24) is 4.90 Å². The molecule has 5 nitrogen and oxygen atoms in total. The number of hydrogen-bond donors (Lipinski definition) is 2. The summed E-state index contributed by atoms with van der Waals surface area (Å²) < 4.78 is 25.4. The maximum absolute atomic E-state index is 13.0. The van der Waals surface area contributed by atoms with Crippen LogP contribution in [0.3, 0.4) is 0 Å². The molecule has 1 aromatic rings. The molecule has 2 heterocycles. The van der Waals surface area contributed by atoms with E-state index in [0.29, 0.717) is 32.8 Å². The van der Waals surface area contributed by atoms with Gasteiger partial charge in [0.25, 0.3) is 11.7 Å². The number of amides is 1. The number of aliphatic hydroxyl groups excluding tert-OH is 1. The van der Waals surface area contributed by atoms with Gasteiger partial charge in [0, 0.05) is 16.7 Å². The number of allylic oxidation sites excluding steroid dienone is 2. The smallest absolute Gasteiger partial charge is 0.307 e. The highest BCUT2D eigenvalue weighted by atomic mass is 35.5. The fourth-order valence-electron chi connectivity index (χ4n) is 3.24. The van der Waals surface area contributed by atoms with E-state index in [9.17, 15) is 28.6 Å². The van der Waals surface area contributed by atoms with Gasteiger partial charge in [-0.3, -0.25) is 9.59 Å². The molecule has 1 aromatic heterocycles. The summed E-state index contributed by atoms with van der Waals surface area (Å²) >= 11 is 7.61. The molecule has 1 atom stereocenters. The predicted molar refractivity (Wildman–Crippen MR) is 99.3 cm³/mol. The molecule has 0 saturated heterocycles. The number of carbonyl (C=O) groups excluding carboxylic acids is 1. The first-order valence-electron chi connectivity index (χ1n) is 7.78. The van der Waals surface area contributed by atoms with Gasteiger partial charge in [-0.15, -0.1) is 11.3 Å². The van der Waals surface area contributed by atoms with Crippen molar-refractivity contribution in [3.8, 4) is 0 Å². The first-order valence-corrected chi connectivity index (χ1v) is 9.92. The van der Waals surface area contributed by atoms with Gasteiger partial charge in [-0.1, -0.05) is 11.6 Å². The molecule has 1 aliphatic carbocycles. The van der Waals surface area contributed by atoms with Crippen LogP contribution in [0.4, 0.5) is 8.78 Å². The molecule has 1 amide bonds. The van der Waals surface area contributed by atoms with Gasteiger partial charge in [0.05, 0.1) is 27.3 Å². The average molecular weight is 434 g/mol. The summed E-state index contributed by atoms with van der Waals surface area (Å²) in [7, 11) is 0. The van der Waals surface area contributed by atoms with Crippen molar-refractivity contribution in [2.45, 2.75) is 35.8 Å². The van der Waals surface area contributed by atoms with E-state index in [2.05, 4.69) is 0 Å². The van der Waals surface area contributed by atoms with Crippen molar-refractivity contribution in [2.24, 2.45) is 0 Å². The second-order valence-electron chi connectivity index (χ2n) is 5.91. The number of carboxylic acid groups (broad SMARTS) is 1. The molecule has 2 aliphatic rings. The third-order valence-electron chi connectivity index (χ3n) is 4.34. The molecule has 2 N–H and O–H groups in total. The van der Waals surface area contributed by atoms with E-state index in [-0.39, 0.29) is 29.2 Å². The molecule has 0 bridgehead atoms. The van der Waals surface area contributed by atoms with Crippen LogP contribution < -0.4 is 0 Å². The number of halogens is 3. The fourth-order valence-corrected chi connectivity index (χ4v) is 5.12. The van der Waals surface area contributed by atoms with E-state index in [4.69, 9.17) is 11.6 Å². The summed E-state index contributed by atoms with van der Waals surface area (Å²) in [5.41, 5.74) is 1.47. The number of alkyl halides is 2. The number of aliphatic hydroxyl groups is 1. The van der Waals surface area contributed by atoms with Crippen molar-refractivity contribution in [2.75, 3.05) is 0 Å². The molecular formula is C17H14ClF2NO4S2. The summed E-state index contributed by atoms with van der Waals surface area (Å²) in [6.07, 6.45) is 1.40. The summed E-state index contributed by atoms with van der Waals surface area (Å²) in [4.78, 5) is 25.7. The Bertz CT molecular complexity index is 906. The number of hydrogen-bond acceptors (Lipinski definition) is 5. The van der Waals surface area contributed by atoms with E-state index in [1.165, 1.54) is 22.4 Å². The van der Waals surface area contributed by atoms with Gasteiger partial charge >= 0.3 is 5.97 Å². The summed E-state index contributed by atoms with van der Waals surface area (Å²) in [6.45, 7) is 1.61. The molecule has 0 radical (unpaired) electrons. The number of nitrogens with zero attached hydrogens (tertiary/aromatic N) is 1. The maximum Gasteiger partial charge on any atom is 0.307 e. The number of carboxylic acids is 1. The van der Waals surface area contributed by atoms with Crippen LogP contribution in [0.2, 0.25) is 0 Å². The lowest BCUT2D eigenvalue weighted by atomic mass is 9.92. The zero-order valence-electron chi connectivity index (χ0n) is 13.9. The highest BCUT2D eigenvalue weighted by Crippen LogP contribution is 2.45. The van der Waals surface area contributed by atoms with E-state index in [1.807, 2.05) is 0 Å². The number of thiophene rings is 1. The summed E-state index contributed by atoms with van der Waals surface area (Å²) in [5.74, 6) is -4.25. The Hall–Kier alpha value is -1.84. The molecule has 27 heavy (non-hydrogen) atoms. The molecule has 1 unspecified atom stereocenters. The molecule has 0 saturated carbocycles. The lowest BCUT2D eigenvalue weighted by Gasteiger charge is -2.28. The van der Waals surface area contributed by atoms with Crippen molar-refractivity contribution in [3.05, 3.63) is 50.7 Å². The van der Waals surface area contributed by atoms with Gasteiger partial charge in [-0.2, -0.15) is 8.78 Å². The predicted octanol–water partition coefficient (Wildman–Crippen LogP) is 4.97. The topological polar surface area (TPSA) is 77.8 Å². The van der Waals surface area contributed by atoms with Gasteiger partial charge in [-0.25, -0.2) is 0 Å². The second kappa shape index (κ2) is 7.65. The van der Waals surface area contributed by atoms with Gasteiger partial charge in [-0.05, 0) is 42.8 Å². The van der Waals surface area contributed by atoms with Crippen LogP contribution in [-0.2, 0) is 4.79 Å². The van der Waals surface area contributed by atoms with Crippen LogP contribution in [0.25, 0.3) is 0 Å². The Morgan fingerprint density at radius 1 is 1.48 bits per heavy atom. The Morgan fingerprint density at radius 2 is 2.19 bits per heavy atom. The van der Waals surface area contributed by atoms with Crippen LogP contribution >= 0.6 is 34.7 Å². The normalized spacial score (nSPS) is 19.7. The Balaban J connectivity index is 2.00. The van der Waals surface area contributed by atoms with E-state index in [0.717, 1.165) is 11.3 Å². The highest BCUT2D eigenvalue weighted by molar-refractivity contribution is 8.01. The standard InChI is InChI=1S/C17H14ClF2NO4S2/c1-7-9(5-12(23)24)14-10(2-3-11(22)15(14)18)21(7)16(25)8-4-13(26-6-8)27-17(19)20/h3-4,6,10,17,22H,2,5H2,1H3,(H,23,24). The minimum atomic E-state index is -2.58. The van der Waals surface area contributed by atoms with Crippen LogP contribution in [0, 0.1) is 0 Å². The van der Waals surface area contributed by atoms with Crippen molar-refractivity contribution in [3.63, 3.8) is 0 Å². The van der Waals surface area contributed by atoms with E-state index < -0.39 is 23.7 Å². The van der Waals surface area contributed by atoms with Gasteiger partial charge < -0.3 is 15.1 Å².